The third-order valence-corrected chi connectivity index (χ3v) is 7.18. The van der Waals surface area contributed by atoms with E-state index in [4.69, 9.17) is 33.2 Å². The summed E-state index contributed by atoms with van der Waals surface area (Å²) in [4.78, 5) is 38.7. The number of esters is 1. The van der Waals surface area contributed by atoms with Gasteiger partial charge in [-0.1, -0.05) is 60.7 Å². The summed E-state index contributed by atoms with van der Waals surface area (Å²) < 4.78 is 41.0. The summed E-state index contributed by atoms with van der Waals surface area (Å²) in [6, 6.07) is 17.3. The fourth-order valence-electron chi connectivity index (χ4n) is 5.25. The van der Waals surface area contributed by atoms with Crippen molar-refractivity contribution in [3.05, 3.63) is 71.8 Å². The van der Waals surface area contributed by atoms with Crippen LogP contribution >= 0.6 is 0 Å². The zero-order valence-corrected chi connectivity index (χ0v) is 24.6. The molecule has 6 atom stereocenters. The molecular formula is C31H38N2O10. The number of ether oxygens (including phenoxy) is 7. The normalized spacial score (nSPS) is 27.6. The fraction of sp³-hybridized carbons (Fsp3) is 0.516. The molecule has 2 N–H and O–H groups in total. The van der Waals surface area contributed by atoms with Crippen LogP contribution in [0.3, 0.4) is 0 Å². The number of amides is 2. The topological polar surface area (TPSA) is 140 Å². The largest absolute Gasteiger partial charge is 0.455 e. The Balaban J connectivity index is 1.24. The minimum Gasteiger partial charge on any atom is -0.455 e. The fourth-order valence-corrected chi connectivity index (χ4v) is 5.25. The third-order valence-electron chi connectivity index (χ3n) is 7.18. The number of fused-ring (bicyclic) bond motifs is 1. The Morgan fingerprint density at radius 3 is 2.21 bits per heavy atom. The molecule has 3 aliphatic rings. The van der Waals surface area contributed by atoms with E-state index in [0.717, 1.165) is 11.1 Å². The van der Waals surface area contributed by atoms with Crippen molar-refractivity contribution >= 4 is 18.0 Å². The monoisotopic (exact) mass is 598 g/mol. The molecule has 2 aromatic rings. The molecule has 0 spiro atoms. The van der Waals surface area contributed by atoms with E-state index in [1.54, 1.807) is 27.7 Å². The van der Waals surface area contributed by atoms with E-state index in [2.05, 4.69) is 10.6 Å². The van der Waals surface area contributed by atoms with Gasteiger partial charge < -0.3 is 43.8 Å². The van der Waals surface area contributed by atoms with Crippen LogP contribution in [-0.4, -0.2) is 79.4 Å². The number of carbonyl (C=O) groups excluding carboxylic acids is 3. The lowest BCUT2D eigenvalue weighted by Crippen LogP contribution is -2.51. The second-order valence-corrected chi connectivity index (χ2v) is 11.6. The molecule has 5 rings (SSSR count). The molecule has 3 heterocycles. The molecule has 0 unspecified atom stereocenters. The number of rotatable bonds is 10. The molecule has 43 heavy (non-hydrogen) atoms. The lowest BCUT2D eigenvalue weighted by atomic mass is 10.0. The summed E-state index contributed by atoms with van der Waals surface area (Å²) in [7, 11) is 0. The molecule has 0 aromatic heterocycles. The van der Waals surface area contributed by atoms with Crippen molar-refractivity contribution in [2.24, 2.45) is 0 Å². The van der Waals surface area contributed by atoms with Crippen molar-refractivity contribution in [3.63, 3.8) is 0 Å². The van der Waals surface area contributed by atoms with Crippen LogP contribution in [0.4, 0.5) is 4.79 Å². The summed E-state index contributed by atoms with van der Waals surface area (Å²) in [6.07, 6.45) is -4.28. The Morgan fingerprint density at radius 2 is 1.56 bits per heavy atom. The maximum absolute atomic E-state index is 13.7. The molecule has 232 valence electrons. The smallest absolute Gasteiger partial charge is 0.407 e. The molecule has 0 bridgehead atoms. The van der Waals surface area contributed by atoms with Crippen LogP contribution in [0.1, 0.15) is 38.8 Å². The second-order valence-electron chi connectivity index (χ2n) is 11.6. The molecule has 2 aromatic carbocycles. The highest BCUT2D eigenvalue weighted by atomic mass is 16.8. The maximum atomic E-state index is 13.7. The van der Waals surface area contributed by atoms with E-state index in [0.29, 0.717) is 0 Å². The van der Waals surface area contributed by atoms with E-state index in [1.807, 2.05) is 60.7 Å². The molecule has 12 heteroatoms. The first-order valence-electron chi connectivity index (χ1n) is 14.3. The summed E-state index contributed by atoms with van der Waals surface area (Å²) in [5, 5.41) is 5.10. The van der Waals surface area contributed by atoms with Gasteiger partial charge in [0.1, 0.15) is 31.4 Å². The first kappa shape index (κ1) is 30.9. The van der Waals surface area contributed by atoms with E-state index in [-0.39, 0.29) is 19.6 Å². The molecule has 3 saturated heterocycles. The predicted molar refractivity (Wildman–Crippen MR) is 150 cm³/mol. The molecule has 3 fully saturated rings. The average molecular weight is 599 g/mol. The highest BCUT2D eigenvalue weighted by Gasteiger charge is 2.60. The number of benzene rings is 2. The van der Waals surface area contributed by atoms with Crippen LogP contribution in [0.2, 0.25) is 0 Å². The van der Waals surface area contributed by atoms with Gasteiger partial charge in [-0.05, 0) is 38.8 Å². The molecular weight excluding hydrogens is 560 g/mol. The third kappa shape index (κ3) is 8.09. The lowest BCUT2D eigenvalue weighted by molar-refractivity contribution is -0.235. The van der Waals surface area contributed by atoms with Crippen molar-refractivity contribution < 1.29 is 47.5 Å². The van der Waals surface area contributed by atoms with Gasteiger partial charge in [-0.2, -0.15) is 0 Å². The minimum absolute atomic E-state index is 0.0551. The summed E-state index contributed by atoms with van der Waals surface area (Å²) in [6.45, 7) is 6.95. The SMILES string of the molecule is CC1(C)O[C@H]2O[C@H]([C@H]3COC(C)(C)O3)[C@H](OC(=O)[C@@H](Cc3ccccc3)NC(=O)CNC(=O)OCc3ccccc3)[C@H]2O1. The molecule has 12 nitrogen and oxygen atoms in total. The number of carbonyl (C=O) groups is 3. The second kappa shape index (κ2) is 13.0. The van der Waals surface area contributed by atoms with E-state index >= 15 is 0 Å². The number of hydrogen-bond donors (Lipinski definition) is 2. The first-order valence-corrected chi connectivity index (χ1v) is 14.3. The van der Waals surface area contributed by atoms with Gasteiger partial charge in [0.05, 0.1) is 6.61 Å². The van der Waals surface area contributed by atoms with Crippen LogP contribution in [0.15, 0.2) is 60.7 Å². The van der Waals surface area contributed by atoms with Gasteiger partial charge in [-0.3, -0.25) is 4.79 Å². The standard InChI is InChI=1S/C31H38N2O10/c1-30(2)38-18-22(41-30)24-25(26-28(40-24)43-31(3,4)42-26)39-27(35)21(15-19-11-7-5-8-12-19)33-23(34)16-32-29(36)37-17-20-13-9-6-10-14-20/h5-14,21-22,24-26,28H,15-18H2,1-4H3,(H,32,36)(H,33,34)/t21-,22-,24-,25+,26-,28-/m1/s1. The molecule has 0 radical (unpaired) electrons. The lowest BCUT2D eigenvalue weighted by Gasteiger charge is -2.30. The van der Waals surface area contributed by atoms with Gasteiger partial charge in [-0.25, -0.2) is 9.59 Å². The first-order chi connectivity index (χ1) is 20.5. The van der Waals surface area contributed by atoms with Crippen LogP contribution in [-0.2, 0) is 55.8 Å². The van der Waals surface area contributed by atoms with Crippen molar-refractivity contribution in [1.29, 1.82) is 0 Å². The molecule has 3 aliphatic heterocycles. The van der Waals surface area contributed by atoms with Crippen LogP contribution in [0, 0.1) is 0 Å². The molecule has 0 aliphatic carbocycles. The van der Waals surface area contributed by atoms with E-state index in [1.165, 1.54) is 0 Å². The highest BCUT2D eigenvalue weighted by Crippen LogP contribution is 2.42. The van der Waals surface area contributed by atoms with Gasteiger partial charge in [-0.15, -0.1) is 0 Å². The molecule has 2 amide bonds. The Labute approximate surface area is 250 Å². The highest BCUT2D eigenvalue weighted by molar-refractivity contribution is 5.87. The maximum Gasteiger partial charge on any atom is 0.407 e. The van der Waals surface area contributed by atoms with Crippen LogP contribution in [0.25, 0.3) is 0 Å². The van der Waals surface area contributed by atoms with Crippen LogP contribution in [0.5, 0.6) is 0 Å². The summed E-state index contributed by atoms with van der Waals surface area (Å²) >= 11 is 0. The van der Waals surface area contributed by atoms with Gasteiger partial charge in [0.2, 0.25) is 5.91 Å². The average Bonchev–Trinajstić information content (AvgIpc) is 3.60. The zero-order chi connectivity index (χ0) is 30.6. The van der Waals surface area contributed by atoms with Gasteiger partial charge >= 0.3 is 12.1 Å². The summed E-state index contributed by atoms with van der Waals surface area (Å²) in [5.41, 5.74) is 1.61. The Hall–Kier alpha value is -3.55. The Morgan fingerprint density at radius 1 is 0.884 bits per heavy atom. The Bertz CT molecular complexity index is 1270. The number of nitrogens with one attached hydrogen (secondary N) is 2. The zero-order valence-electron chi connectivity index (χ0n) is 24.6. The number of hydrogen-bond acceptors (Lipinski definition) is 10. The predicted octanol–water partition coefficient (Wildman–Crippen LogP) is 2.58. The van der Waals surface area contributed by atoms with Crippen molar-refractivity contribution in [3.8, 4) is 0 Å². The molecule has 0 saturated carbocycles. The van der Waals surface area contributed by atoms with Crippen LogP contribution < -0.4 is 10.6 Å². The number of alkyl carbamates (subject to hydrolysis) is 1. The van der Waals surface area contributed by atoms with Gasteiger partial charge in [0.25, 0.3) is 0 Å². The Kier molecular flexibility index (Phi) is 9.33. The van der Waals surface area contributed by atoms with Crippen molar-refractivity contribution in [2.75, 3.05) is 13.2 Å². The van der Waals surface area contributed by atoms with E-state index < -0.39 is 72.8 Å². The van der Waals surface area contributed by atoms with Gasteiger partial charge in [0.15, 0.2) is 30.1 Å². The minimum atomic E-state index is -1.08. The summed E-state index contributed by atoms with van der Waals surface area (Å²) in [5.74, 6) is -3.08. The quantitative estimate of drug-likeness (QED) is 0.392. The van der Waals surface area contributed by atoms with Crippen molar-refractivity contribution in [2.45, 2.75) is 89.0 Å². The van der Waals surface area contributed by atoms with Crippen molar-refractivity contribution in [1.82, 2.24) is 10.6 Å². The van der Waals surface area contributed by atoms with Gasteiger partial charge in [0, 0.05) is 6.42 Å². The van der Waals surface area contributed by atoms with E-state index in [9.17, 15) is 14.4 Å².